The Morgan fingerprint density at radius 2 is 1.55 bits per heavy atom. The second-order valence-electron chi connectivity index (χ2n) is 5.05. The number of halogens is 1. The molecule has 0 N–H and O–H groups in total. The second-order valence-corrected chi connectivity index (χ2v) is 5.67. The average molecular weight is 289 g/mol. The molecule has 2 aromatic rings. The number of rotatable bonds is 5. The first kappa shape index (κ1) is 13.3. The van der Waals surface area contributed by atoms with Crippen molar-refractivity contribution in [3.05, 3.63) is 60.2 Å². The highest BCUT2D eigenvalue weighted by molar-refractivity contribution is 6.21. The molecule has 1 saturated carbocycles. The zero-order valence-corrected chi connectivity index (χ0v) is 11.9. The van der Waals surface area contributed by atoms with E-state index in [1.54, 1.807) is 0 Å². The van der Waals surface area contributed by atoms with Crippen molar-refractivity contribution in [1.29, 1.82) is 0 Å². The van der Waals surface area contributed by atoms with Gasteiger partial charge in [0.05, 0.1) is 0 Å². The molecule has 2 nitrogen and oxygen atoms in total. The zero-order valence-electron chi connectivity index (χ0n) is 11.2. The number of hydrogen-bond donors (Lipinski definition) is 0. The first-order chi connectivity index (χ1) is 9.79. The molecule has 0 unspecified atom stereocenters. The fourth-order valence-electron chi connectivity index (χ4n) is 2.15. The predicted molar refractivity (Wildman–Crippen MR) is 80.5 cm³/mol. The maximum absolute atomic E-state index is 5.93. The van der Waals surface area contributed by atoms with Crippen LogP contribution in [0.3, 0.4) is 0 Å². The monoisotopic (exact) mass is 288 g/mol. The van der Waals surface area contributed by atoms with Crippen LogP contribution in [0, 0.1) is 0 Å². The summed E-state index contributed by atoms with van der Waals surface area (Å²) in [6.07, 6.45) is 2.15. The summed E-state index contributed by atoms with van der Waals surface area (Å²) >= 11 is 5.93. The third-order valence-corrected chi connectivity index (χ3v) is 3.77. The van der Waals surface area contributed by atoms with Crippen LogP contribution in [0.1, 0.15) is 18.4 Å². The highest BCUT2D eigenvalue weighted by Crippen LogP contribution is 2.30. The van der Waals surface area contributed by atoms with E-state index in [2.05, 4.69) is 12.1 Å². The molecular weight excluding hydrogens is 272 g/mol. The van der Waals surface area contributed by atoms with Gasteiger partial charge in [-0.25, -0.2) is 0 Å². The minimum atomic E-state index is 0.272. The van der Waals surface area contributed by atoms with Gasteiger partial charge in [-0.2, -0.15) is 0 Å². The summed E-state index contributed by atoms with van der Waals surface area (Å²) in [5.74, 6) is 1.73. The fraction of sp³-hybridized carbons (Fsp3) is 0.294. The van der Waals surface area contributed by atoms with Gasteiger partial charge in [0, 0.05) is 18.2 Å². The van der Waals surface area contributed by atoms with Gasteiger partial charge in [0.2, 0.25) is 0 Å². The van der Waals surface area contributed by atoms with Gasteiger partial charge in [-0.1, -0.05) is 30.3 Å². The first-order valence-corrected chi connectivity index (χ1v) is 7.31. The molecule has 1 aliphatic carbocycles. The Bertz CT molecular complexity index is 533. The van der Waals surface area contributed by atoms with Crippen LogP contribution in [-0.4, -0.2) is 11.5 Å². The van der Waals surface area contributed by atoms with Crippen LogP contribution in [0.25, 0.3) is 0 Å². The Labute approximate surface area is 124 Å². The van der Waals surface area contributed by atoms with Crippen molar-refractivity contribution in [2.24, 2.45) is 0 Å². The minimum Gasteiger partial charge on any atom is -0.490 e. The molecule has 1 aliphatic rings. The average Bonchev–Trinajstić information content (AvgIpc) is 2.46. The van der Waals surface area contributed by atoms with Gasteiger partial charge in [0.15, 0.2) is 0 Å². The van der Waals surface area contributed by atoms with Gasteiger partial charge < -0.3 is 9.47 Å². The molecule has 3 rings (SSSR count). The summed E-state index contributed by atoms with van der Waals surface area (Å²) in [6.45, 7) is 0.581. The van der Waals surface area contributed by atoms with Crippen molar-refractivity contribution in [3.8, 4) is 11.5 Å². The molecule has 0 amide bonds. The minimum absolute atomic E-state index is 0.272. The van der Waals surface area contributed by atoms with Crippen LogP contribution in [0.2, 0.25) is 0 Å². The van der Waals surface area contributed by atoms with Gasteiger partial charge in [-0.05, 0) is 29.8 Å². The third kappa shape index (κ3) is 3.45. The number of ether oxygens (including phenoxy) is 2. The molecule has 20 heavy (non-hydrogen) atoms. The molecule has 104 valence electrons. The van der Waals surface area contributed by atoms with Gasteiger partial charge in [0.1, 0.15) is 24.2 Å². The Balaban J connectivity index is 1.51. The van der Waals surface area contributed by atoms with Crippen LogP contribution < -0.4 is 9.47 Å². The van der Waals surface area contributed by atoms with Crippen LogP contribution in [-0.2, 0) is 6.61 Å². The van der Waals surface area contributed by atoms with Crippen molar-refractivity contribution >= 4 is 11.6 Å². The van der Waals surface area contributed by atoms with Gasteiger partial charge in [-0.15, -0.1) is 11.6 Å². The summed E-state index contributed by atoms with van der Waals surface area (Å²) in [4.78, 5) is 0. The Morgan fingerprint density at radius 1 is 0.900 bits per heavy atom. The van der Waals surface area contributed by atoms with E-state index in [0.717, 1.165) is 29.9 Å². The SMILES string of the molecule is ClC1CC(Oc2ccc(OCc3ccccc3)cc2)C1. The quantitative estimate of drug-likeness (QED) is 0.759. The van der Waals surface area contributed by atoms with E-state index in [1.165, 1.54) is 0 Å². The Morgan fingerprint density at radius 3 is 2.20 bits per heavy atom. The maximum atomic E-state index is 5.93. The van der Waals surface area contributed by atoms with Crippen molar-refractivity contribution in [1.82, 2.24) is 0 Å². The lowest BCUT2D eigenvalue weighted by Crippen LogP contribution is -2.34. The van der Waals surface area contributed by atoms with E-state index in [1.807, 2.05) is 42.5 Å². The second kappa shape index (κ2) is 6.19. The molecule has 0 aliphatic heterocycles. The topological polar surface area (TPSA) is 18.5 Å². The summed E-state index contributed by atoms with van der Waals surface area (Å²) in [7, 11) is 0. The van der Waals surface area contributed by atoms with Crippen molar-refractivity contribution in [2.45, 2.75) is 30.9 Å². The molecule has 1 fully saturated rings. The third-order valence-electron chi connectivity index (χ3n) is 3.41. The molecule has 0 spiro atoms. The highest BCUT2D eigenvalue weighted by Gasteiger charge is 2.28. The molecule has 0 bridgehead atoms. The van der Waals surface area contributed by atoms with Crippen molar-refractivity contribution in [2.75, 3.05) is 0 Å². The van der Waals surface area contributed by atoms with E-state index < -0.39 is 0 Å². The molecule has 0 heterocycles. The van der Waals surface area contributed by atoms with Gasteiger partial charge in [-0.3, -0.25) is 0 Å². The predicted octanol–water partition coefficient (Wildman–Crippen LogP) is 4.41. The van der Waals surface area contributed by atoms with Gasteiger partial charge in [0.25, 0.3) is 0 Å². The van der Waals surface area contributed by atoms with Crippen molar-refractivity contribution in [3.63, 3.8) is 0 Å². The zero-order chi connectivity index (χ0) is 13.8. The summed E-state index contributed by atoms with van der Waals surface area (Å²) in [5, 5.41) is 0.286. The first-order valence-electron chi connectivity index (χ1n) is 6.87. The van der Waals surface area contributed by atoms with Crippen LogP contribution in [0.4, 0.5) is 0 Å². The number of alkyl halides is 1. The van der Waals surface area contributed by atoms with Crippen LogP contribution in [0.15, 0.2) is 54.6 Å². The van der Waals surface area contributed by atoms with Gasteiger partial charge >= 0.3 is 0 Å². The van der Waals surface area contributed by atoms with Crippen LogP contribution >= 0.6 is 11.6 Å². The molecule has 3 heteroatoms. The van der Waals surface area contributed by atoms with E-state index >= 15 is 0 Å². The molecule has 0 radical (unpaired) electrons. The van der Waals surface area contributed by atoms with E-state index in [0.29, 0.717) is 6.61 Å². The largest absolute Gasteiger partial charge is 0.490 e. The normalized spacial score (nSPS) is 21.1. The molecule has 0 saturated heterocycles. The summed E-state index contributed by atoms with van der Waals surface area (Å²) < 4.78 is 11.5. The lowest BCUT2D eigenvalue weighted by molar-refractivity contribution is 0.124. The summed E-state index contributed by atoms with van der Waals surface area (Å²) in [6, 6.07) is 17.9. The van der Waals surface area contributed by atoms with E-state index in [4.69, 9.17) is 21.1 Å². The smallest absolute Gasteiger partial charge is 0.120 e. The molecule has 0 atom stereocenters. The fourth-order valence-corrected chi connectivity index (χ4v) is 2.54. The lowest BCUT2D eigenvalue weighted by atomic mass is 9.95. The maximum Gasteiger partial charge on any atom is 0.120 e. The lowest BCUT2D eigenvalue weighted by Gasteiger charge is -2.31. The number of hydrogen-bond acceptors (Lipinski definition) is 2. The highest BCUT2D eigenvalue weighted by atomic mass is 35.5. The van der Waals surface area contributed by atoms with Crippen molar-refractivity contribution < 1.29 is 9.47 Å². The summed E-state index contributed by atoms with van der Waals surface area (Å²) in [5.41, 5.74) is 1.16. The standard InChI is InChI=1S/C17H17ClO2/c18-14-10-17(11-14)20-16-8-6-15(7-9-16)19-12-13-4-2-1-3-5-13/h1-9,14,17H,10-12H2. The van der Waals surface area contributed by atoms with E-state index in [9.17, 15) is 0 Å². The molecule has 2 aromatic carbocycles. The van der Waals surface area contributed by atoms with Crippen LogP contribution in [0.5, 0.6) is 11.5 Å². The number of benzene rings is 2. The Hall–Kier alpha value is -1.67. The molecular formula is C17H17ClO2. The Kier molecular flexibility index (Phi) is 4.12. The molecule has 0 aromatic heterocycles. The van der Waals surface area contributed by atoms with E-state index in [-0.39, 0.29) is 11.5 Å².